The third-order valence-electron chi connectivity index (χ3n) is 2.66. The first kappa shape index (κ1) is 10.5. The molecule has 82 valence electrons. The lowest BCUT2D eigenvalue weighted by molar-refractivity contribution is 0.283. The Labute approximate surface area is 91.2 Å². The van der Waals surface area contributed by atoms with Crippen molar-refractivity contribution in [2.45, 2.75) is 32.3 Å². The molecule has 1 aliphatic heterocycles. The first-order valence-corrected chi connectivity index (χ1v) is 5.60. The molecular formula is C13H18O2. The topological polar surface area (TPSA) is 21.8 Å². The average molecular weight is 206 g/mol. The van der Waals surface area contributed by atoms with Gasteiger partial charge in [0.25, 0.3) is 0 Å². The fourth-order valence-electron chi connectivity index (χ4n) is 1.49. The van der Waals surface area contributed by atoms with Crippen LogP contribution in [0, 0.1) is 0 Å². The van der Waals surface area contributed by atoms with E-state index in [1.54, 1.807) is 0 Å². The van der Waals surface area contributed by atoms with Crippen LogP contribution in [0.15, 0.2) is 24.3 Å². The summed E-state index contributed by atoms with van der Waals surface area (Å²) >= 11 is 0. The van der Waals surface area contributed by atoms with Gasteiger partial charge in [-0.3, -0.25) is 0 Å². The molecule has 1 aromatic rings. The number of hydrogen-bond acceptors (Lipinski definition) is 2. The molecule has 0 bridgehead atoms. The molecule has 0 radical (unpaired) electrons. The number of epoxide rings is 1. The summed E-state index contributed by atoms with van der Waals surface area (Å²) in [4.78, 5) is 0. The minimum atomic E-state index is 0.458. The van der Waals surface area contributed by atoms with Crippen molar-refractivity contribution in [3.63, 3.8) is 0 Å². The van der Waals surface area contributed by atoms with Crippen molar-refractivity contribution >= 4 is 0 Å². The third kappa shape index (κ3) is 3.24. The Morgan fingerprint density at radius 2 is 2.00 bits per heavy atom. The minimum absolute atomic E-state index is 0.458. The Kier molecular flexibility index (Phi) is 3.27. The van der Waals surface area contributed by atoms with Crippen LogP contribution in [0.3, 0.4) is 0 Å². The van der Waals surface area contributed by atoms with Gasteiger partial charge in [-0.05, 0) is 23.6 Å². The number of rotatable bonds is 5. The van der Waals surface area contributed by atoms with Crippen molar-refractivity contribution < 1.29 is 9.47 Å². The van der Waals surface area contributed by atoms with Gasteiger partial charge in [-0.25, -0.2) is 0 Å². The predicted molar refractivity (Wildman–Crippen MR) is 60.4 cm³/mol. The fraction of sp³-hybridized carbons (Fsp3) is 0.538. The van der Waals surface area contributed by atoms with Gasteiger partial charge in [0, 0.05) is 6.42 Å². The van der Waals surface area contributed by atoms with Gasteiger partial charge >= 0.3 is 0 Å². The van der Waals surface area contributed by atoms with Crippen molar-refractivity contribution in [3.05, 3.63) is 29.8 Å². The van der Waals surface area contributed by atoms with Crippen LogP contribution in [-0.4, -0.2) is 19.3 Å². The maximum Gasteiger partial charge on any atom is 0.119 e. The Hall–Kier alpha value is -1.02. The second-order valence-corrected chi connectivity index (χ2v) is 4.32. The SMILES string of the molecule is CC(C)c1ccc(OCCC2CO2)cc1. The van der Waals surface area contributed by atoms with E-state index < -0.39 is 0 Å². The quantitative estimate of drug-likeness (QED) is 0.691. The minimum Gasteiger partial charge on any atom is -0.493 e. The van der Waals surface area contributed by atoms with Crippen molar-refractivity contribution in [3.8, 4) is 5.75 Å². The maximum atomic E-state index is 5.61. The molecule has 1 unspecified atom stereocenters. The van der Waals surface area contributed by atoms with Crippen molar-refractivity contribution in [1.82, 2.24) is 0 Å². The van der Waals surface area contributed by atoms with Crippen LogP contribution >= 0.6 is 0 Å². The summed E-state index contributed by atoms with van der Waals surface area (Å²) in [6.45, 7) is 6.06. The van der Waals surface area contributed by atoms with Crippen LogP contribution in [0.25, 0.3) is 0 Å². The predicted octanol–water partition coefficient (Wildman–Crippen LogP) is 2.98. The normalized spacial score (nSPS) is 19.3. The summed E-state index contributed by atoms with van der Waals surface area (Å²) in [6, 6.07) is 8.35. The summed E-state index contributed by atoms with van der Waals surface area (Å²) in [5.41, 5.74) is 1.35. The van der Waals surface area contributed by atoms with Gasteiger partial charge in [-0.2, -0.15) is 0 Å². The highest BCUT2D eigenvalue weighted by atomic mass is 16.6. The highest BCUT2D eigenvalue weighted by Gasteiger charge is 2.21. The van der Waals surface area contributed by atoms with E-state index in [1.807, 2.05) is 12.1 Å². The van der Waals surface area contributed by atoms with Gasteiger partial charge in [0.05, 0.1) is 19.3 Å². The molecular weight excluding hydrogens is 188 g/mol. The van der Waals surface area contributed by atoms with Crippen LogP contribution in [0.5, 0.6) is 5.75 Å². The lowest BCUT2D eigenvalue weighted by Crippen LogP contribution is -2.01. The van der Waals surface area contributed by atoms with Gasteiger partial charge in [0.15, 0.2) is 0 Å². The molecule has 15 heavy (non-hydrogen) atoms. The van der Waals surface area contributed by atoms with Crippen LogP contribution in [-0.2, 0) is 4.74 Å². The molecule has 1 aliphatic rings. The van der Waals surface area contributed by atoms with Crippen molar-refractivity contribution in [2.24, 2.45) is 0 Å². The van der Waals surface area contributed by atoms with Crippen LogP contribution in [0.1, 0.15) is 31.7 Å². The molecule has 0 spiro atoms. The summed E-state index contributed by atoms with van der Waals surface area (Å²) in [7, 11) is 0. The highest BCUT2D eigenvalue weighted by molar-refractivity contribution is 5.28. The summed E-state index contributed by atoms with van der Waals surface area (Å²) in [6.07, 6.45) is 1.46. The molecule has 1 fully saturated rings. The zero-order valence-electron chi connectivity index (χ0n) is 9.40. The van der Waals surface area contributed by atoms with Crippen LogP contribution in [0.4, 0.5) is 0 Å². The summed E-state index contributed by atoms with van der Waals surface area (Å²) in [5, 5.41) is 0. The molecule has 1 heterocycles. The van der Waals surface area contributed by atoms with Gasteiger partial charge in [0.2, 0.25) is 0 Å². The first-order chi connectivity index (χ1) is 7.25. The Balaban J connectivity index is 1.80. The average Bonchev–Trinajstić information content (AvgIpc) is 3.02. The Bertz CT molecular complexity index is 299. The van der Waals surface area contributed by atoms with Crippen LogP contribution in [0.2, 0.25) is 0 Å². The van der Waals surface area contributed by atoms with E-state index in [0.29, 0.717) is 12.0 Å². The van der Waals surface area contributed by atoms with Crippen LogP contribution < -0.4 is 4.74 Å². The lowest BCUT2D eigenvalue weighted by Gasteiger charge is -2.08. The third-order valence-corrected chi connectivity index (χ3v) is 2.66. The van der Waals surface area contributed by atoms with Crippen molar-refractivity contribution in [2.75, 3.05) is 13.2 Å². The van der Waals surface area contributed by atoms with Gasteiger partial charge < -0.3 is 9.47 Å². The van der Waals surface area contributed by atoms with E-state index in [0.717, 1.165) is 25.4 Å². The molecule has 2 rings (SSSR count). The highest BCUT2D eigenvalue weighted by Crippen LogP contribution is 2.19. The second-order valence-electron chi connectivity index (χ2n) is 4.32. The van der Waals surface area contributed by atoms with E-state index in [-0.39, 0.29) is 0 Å². The van der Waals surface area contributed by atoms with Crippen molar-refractivity contribution in [1.29, 1.82) is 0 Å². The molecule has 0 saturated carbocycles. The Morgan fingerprint density at radius 1 is 1.33 bits per heavy atom. The standard InChI is InChI=1S/C13H18O2/c1-10(2)11-3-5-12(6-4-11)14-8-7-13-9-15-13/h3-6,10,13H,7-9H2,1-2H3. The Morgan fingerprint density at radius 3 is 2.53 bits per heavy atom. The maximum absolute atomic E-state index is 5.61. The zero-order valence-corrected chi connectivity index (χ0v) is 9.40. The van der Waals surface area contributed by atoms with Gasteiger partial charge in [-0.15, -0.1) is 0 Å². The number of hydrogen-bond donors (Lipinski definition) is 0. The van der Waals surface area contributed by atoms with E-state index in [4.69, 9.17) is 9.47 Å². The summed E-state index contributed by atoms with van der Waals surface area (Å²) in [5.74, 6) is 1.54. The first-order valence-electron chi connectivity index (χ1n) is 5.60. The number of benzene rings is 1. The van der Waals surface area contributed by atoms with E-state index in [9.17, 15) is 0 Å². The molecule has 0 aromatic heterocycles. The summed E-state index contributed by atoms with van der Waals surface area (Å²) < 4.78 is 10.7. The molecule has 1 aromatic carbocycles. The van der Waals surface area contributed by atoms with E-state index in [2.05, 4.69) is 26.0 Å². The molecule has 1 atom stereocenters. The molecule has 2 heteroatoms. The second kappa shape index (κ2) is 4.67. The molecule has 1 saturated heterocycles. The molecule has 0 amide bonds. The monoisotopic (exact) mass is 206 g/mol. The molecule has 2 nitrogen and oxygen atoms in total. The smallest absolute Gasteiger partial charge is 0.119 e. The molecule has 0 aliphatic carbocycles. The van der Waals surface area contributed by atoms with Gasteiger partial charge in [-0.1, -0.05) is 26.0 Å². The van der Waals surface area contributed by atoms with E-state index in [1.165, 1.54) is 5.56 Å². The largest absolute Gasteiger partial charge is 0.493 e. The van der Waals surface area contributed by atoms with Gasteiger partial charge in [0.1, 0.15) is 5.75 Å². The number of ether oxygens (including phenoxy) is 2. The fourth-order valence-corrected chi connectivity index (χ4v) is 1.49. The lowest BCUT2D eigenvalue weighted by atomic mass is 10.0. The molecule has 0 N–H and O–H groups in total. The zero-order chi connectivity index (χ0) is 10.7. The van der Waals surface area contributed by atoms with E-state index >= 15 is 0 Å².